The number of nitrogens with one attached hydrogen (secondary N) is 1. The number of carbonyl (C=O) groups is 1. The molecule has 1 fully saturated rings. The largest absolute Gasteiger partial charge is 0.347 e. The van der Waals surface area contributed by atoms with Gasteiger partial charge in [0, 0.05) is 15.0 Å². The Balaban J connectivity index is 2.17. The van der Waals surface area contributed by atoms with Gasteiger partial charge in [-0.1, -0.05) is 11.6 Å². The molecule has 0 aromatic heterocycles. The van der Waals surface area contributed by atoms with E-state index in [-0.39, 0.29) is 11.4 Å². The highest BCUT2D eigenvalue weighted by Gasteiger charge is 2.33. The van der Waals surface area contributed by atoms with Crippen LogP contribution in [-0.2, 0) is 0 Å². The first-order valence-corrected chi connectivity index (χ1v) is 6.45. The van der Waals surface area contributed by atoms with Crippen LogP contribution in [-0.4, -0.2) is 11.4 Å². The van der Waals surface area contributed by atoms with Gasteiger partial charge in [-0.2, -0.15) is 0 Å². The van der Waals surface area contributed by atoms with E-state index in [0.29, 0.717) is 10.6 Å². The number of hydrogen-bond donors (Lipinski definition) is 1. The fourth-order valence-corrected chi connectivity index (χ4v) is 2.44. The molecule has 1 aromatic carbocycles. The number of halogens is 2. The summed E-state index contributed by atoms with van der Waals surface area (Å²) < 4.78 is 0.775. The lowest BCUT2D eigenvalue weighted by molar-refractivity contribution is 0.0849. The van der Waals surface area contributed by atoms with Crippen LogP contribution in [0.1, 0.15) is 36.5 Å². The van der Waals surface area contributed by atoms with Crippen molar-refractivity contribution in [2.24, 2.45) is 0 Å². The van der Waals surface area contributed by atoms with Crippen molar-refractivity contribution in [1.29, 1.82) is 0 Å². The average molecular weight is 303 g/mol. The average Bonchev–Trinajstić information content (AvgIpc) is 2.19. The van der Waals surface area contributed by atoms with Crippen molar-refractivity contribution in [3.05, 3.63) is 33.3 Å². The van der Waals surface area contributed by atoms with Gasteiger partial charge in [0.1, 0.15) is 0 Å². The molecular formula is C12H13BrClNO. The lowest BCUT2D eigenvalue weighted by Gasteiger charge is -2.39. The minimum atomic E-state index is -0.0587. The second-order valence-electron chi connectivity index (χ2n) is 4.49. The van der Waals surface area contributed by atoms with Crippen LogP contribution < -0.4 is 5.32 Å². The molecule has 0 heterocycles. The molecule has 1 aromatic rings. The molecule has 16 heavy (non-hydrogen) atoms. The first kappa shape index (κ1) is 11.9. The Bertz CT molecular complexity index is 429. The van der Waals surface area contributed by atoms with Crippen molar-refractivity contribution in [2.75, 3.05) is 0 Å². The van der Waals surface area contributed by atoms with E-state index in [1.54, 1.807) is 18.2 Å². The van der Waals surface area contributed by atoms with E-state index in [4.69, 9.17) is 11.6 Å². The third kappa shape index (κ3) is 2.41. The minimum Gasteiger partial charge on any atom is -0.347 e. The highest BCUT2D eigenvalue weighted by Crippen LogP contribution is 2.32. The second kappa shape index (κ2) is 4.38. The fourth-order valence-electron chi connectivity index (χ4n) is 1.85. The van der Waals surface area contributed by atoms with Crippen molar-refractivity contribution in [3.63, 3.8) is 0 Å². The highest BCUT2D eigenvalue weighted by atomic mass is 79.9. The number of rotatable bonds is 2. The predicted octanol–water partition coefficient (Wildman–Crippen LogP) is 3.77. The van der Waals surface area contributed by atoms with Gasteiger partial charge in [-0.25, -0.2) is 0 Å². The zero-order valence-corrected chi connectivity index (χ0v) is 11.4. The maximum Gasteiger partial charge on any atom is 0.252 e. The van der Waals surface area contributed by atoms with Gasteiger partial charge in [0.15, 0.2) is 0 Å². The van der Waals surface area contributed by atoms with Gasteiger partial charge in [0.05, 0.1) is 5.56 Å². The van der Waals surface area contributed by atoms with Gasteiger partial charge in [0.2, 0.25) is 0 Å². The van der Waals surface area contributed by atoms with Crippen molar-refractivity contribution in [1.82, 2.24) is 5.32 Å². The molecule has 1 amide bonds. The number of carbonyl (C=O) groups excluding carboxylic acids is 1. The standard InChI is InChI=1S/C12H13BrClNO/c1-12(5-2-6-12)15-11(16)9-7-8(14)3-4-10(9)13/h3-4,7H,2,5-6H2,1H3,(H,15,16). The van der Waals surface area contributed by atoms with Crippen LogP contribution in [0.4, 0.5) is 0 Å². The smallest absolute Gasteiger partial charge is 0.252 e. The summed E-state index contributed by atoms with van der Waals surface area (Å²) in [4.78, 5) is 12.0. The van der Waals surface area contributed by atoms with Crippen LogP contribution in [0, 0.1) is 0 Å². The maximum absolute atomic E-state index is 12.0. The molecule has 0 unspecified atom stereocenters. The highest BCUT2D eigenvalue weighted by molar-refractivity contribution is 9.10. The van der Waals surface area contributed by atoms with Crippen LogP contribution in [0.3, 0.4) is 0 Å². The monoisotopic (exact) mass is 301 g/mol. The molecule has 0 aliphatic heterocycles. The molecule has 86 valence electrons. The van der Waals surface area contributed by atoms with Crippen molar-refractivity contribution < 1.29 is 4.79 Å². The van der Waals surface area contributed by atoms with Gasteiger partial charge in [-0.3, -0.25) is 4.79 Å². The maximum atomic E-state index is 12.0. The van der Waals surface area contributed by atoms with Gasteiger partial charge in [-0.05, 0) is 60.3 Å². The van der Waals surface area contributed by atoms with Crippen molar-refractivity contribution in [3.8, 4) is 0 Å². The van der Waals surface area contributed by atoms with Crippen LogP contribution in [0.15, 0.2) is 22.7 Å². The molecule has 1 saturated carbocycles. The molecule has 0 bridgehead atoms. The zero-order chi connectivity index (χ0) is 11.8. The van der Waals surface area contributed by atoms with Gasteiger partial charge in [-0.15, -0.1) is 0 Å². The van der Waals surface area contributed by atoms with Crippen molar-refractivity contribution in [2.45, 2.75) is 31.7 Å². The zero-order valence-electron chi connectivity index (χ0n) is 9.02. The molecule has 2 rings (SSSR count). The quantitative estimate of drug-likeness (QED) is 0.885. The first-order valence-electron chi connectivity index (χ1n) is 5.28. The van der Waals surface area contributed by atoms with Gasteiger partial charge in [0.25, 0.3) is 5.91 Å². The Kier molecular flexibility index (Phi) is 3.27. The lowest BCUT2D eigenvalue weighted by atomic mass is 9.78. The second-order valence-corrected chi connectivity index (χ2v) is 5.78. The van der Waals surface area contributed by atoms with E-state index in [0.717, 1.165) is 17.3 Å². The Labute approximate surface area is 108 Å². The van der Waals surface area contributed by atoms with E-state index in [2.05, 4.69) is 28.2 Å². The third-order valence-electron chi connectivity index (χ3n) is 3.05. The van der Waals surface area contributed by atoms with E-state index in [9.17, 15) is 4.79 Å². The topological polar surface area (TPSA) is 29.1 Å². The number of amides is 1. The van der Waals surface area contributed by atoms with Crippen LogP contribution in [0.2, 0.25) is 5.02 Å². The molecule has 4 heteroatoms. The summed E-state index contributed by atoms with van der Waals surface area (Å²) in [5, 5.41) is 3.63. The minimum absolute atomic E-state index is 0.0289. The summed E-state index contributed by atoms with van der Waals surface area (Å²) in [6.45, 7) is 2.08. The first-order chi connectivity index (χ1) is 7.50. The molecule has 1 aliphatic rings. The Hall–Kier alpha value is -0.540. The molecule has 1 aliphatic carbocycles. The van der Waals surface area contributed by atoms with Crippen LogP contribution >= 0.6 is 27.5 Å². The predicted molar refractivity (Wildman–Crippen MR) is 68.9 cm³/mol. The summed E-state index contributed by atoms with van der Waals surface area (Å²) in [6.07, 6.45) is 3.29. The molecule has 0 spiro atoms. The molecule has 0 saturated heterocycles. The molecular weight excluding hydrogens is 289 g/mol. The lowest BCUT2D eigenvalue weighted by Crippen LogP contribution is -2.51. The normalized spacial score (nSPS) is 17.7. The summed E-state index contributed by atoms with van der Waals surface area (Å²) in [5.41, 5.74) is 0.569. The third-order valence-corrected chi connectivity index (χ3v) is 3.97. The summed E-state index contributed by atoms with van der Waals surface area (Å²) >= 11 is 9.24. The Morgan fingerprint density at radius 2 is 2.19 bits per heavy atom. The fraction of sp³-hybridized carbons (Fsp3) is 0.417. The van der Waals surface area contributed by atoms with Gasteiger partial charge >= 0.3 is 0 Å². The van der Waals surface area contributed by atoms with E-state index in [1.807, 2.05) is 0 Å². The van der Waals surface area contributed by atoms with E-state index >= 15 is 0 Å². The number of hydrogen-bond acceptors (Lipinski definition) is 1. The SMILES string of the molecule is CC1(NC(=O)c2cc(Cl)ccc2Br)CCC1. The van der Waals surface area contributed by atoms with E-state index in [1.165, 1.54) is 6.42 Å². The van der Waals surface area contributed by atoms with Crippen LogP contribution in [0.25, 0.3) is 0 Å². The number of benzene rings is 1. The molecule has 1 N–H and O–H groups in total. The Morgan fingerprint density at radius 3 is 2.75 bits per heavy atom. The van der Waals surface area contributed by atoms with Crippen LogP contribution in [0.5, 0.6) is 0 Å². The van der Waals surface area contributed by atoms with Gasteiger partial charge < -0.3 is 5.32 Å². The summed E-state index contributed by atoms with van der Waals surface area (Å²) in [5.74, 6) is -0.0587. The summed E-state index contributed by atoms with van der Waals surface area (Å²) in [7, 11) is 0. The molecule has 2 nitrogen and oxygen atoms in total. The molecule has 0 radical (unpaired) electrons. The summed E-state index contributed by atoms with van der Waals surface area (Å²) in [6, 6.07) is 5.23. The molecule has 0 atom stereocenters. The van der Waals surface area contributed by atoms with Crippen molar-refractivity contribution >= 4 is 33.4 Å². The van der Waals surface area contributed by atoms with E-state index < -0.39 is 0 Å². The Morgan fingerprint density at radius 1 is 1.50 bits per heavy atom.